The first-order valence-electron chi connectivity index (χ1n) is 7.71. The molecule has 3 aliphatic carbocycles. The zero-order chi connectivity index (χ0) is 14.6. The van der Waals surface area contributed by atoms with Crippen molar-refractivity contribution < 1.29 is 13.2 Å². The van der Waals surface area contributed by atoms with Crippen molar-refractivity contribution in [1.29, 1.82) is 0 Å². The van der Waals surface area contributed by atoms with Crippen LogP contribution in [0.5, 0.6) is 0 Å². The molecule has 0 saturated heterocycles. The molecule has 3 fully saturated rings. The smallest absolute Gasteiger partial charge is 0.264 e. The quantitative estimate of drug-likeness (QED) is 0.908. The fourth-order valence-electron chi connectivity index (χ4n) is 3.16. The highest BCUT2D eigenvalue weighted by molar-refractivity contribution is 7.90. The summed E-state index contributed by atoms with van der Waals surface area (Å²) in [5.41, 5.74) is 1.19. The number of benzene rings is 1. The van der Waals surface area contributed by atoms with Crippen LogP contribution in [0.4, 0.5) is 0 Å². The summed E-state index contributed by atoms with van der Waals surface area (Å²) in [5, 5.41) is 0. The summed E-state index contributed by atoms with van der Waals surface area (Å²) in [7, 11) is -3.71. The molecule has 1 aromatic carbocycles. The number of rotatable bonds is 5. The number of hydrogen-bond donors (Lipinski definition) is 1. The number of carbonyl (C=O) groups excluding carboxylic acids is 1. The molecule has 4 rings (SSSR count). The van der Waals surface area contributed by atoms with Gasteiger partial charge in [0.15, 0.2) is 0 Å². The highest BCUT2D eigenvalue weighted by Gasteiger charge is 2.51. The molecular formula is C16H19NO3S. The number of amides is 1. The number of nitrogens with one attached hydrogen (secondary N) is 1. The standard InChI is InChI=1S/C16H19NO3S/c18-16(15-9-14(15)12-3-4-12)17-21(19,20)13-7-5-11(6-8-13)10-1-2-10/h5-8,10,12,14-15H,1-4,9H2,(H,17,18)/t14-,15+/m0/s1. The fraction of sp³-hybridized carbons (Fsp3) is 0.562. The third-order valence-corrected chi connectivity index (χ3v) is 6.24. The minimum absolute atomic E-state index is 0.0852. The second-order valence-corrected chi connectivity index (χ2v) is 8.34. The van der Waals surface area contributed by atoms with Crippen LogP contribution in [-0.4, -0.2) is 14.3 Å². The van der Waals surface area contributed by atoms with Crippen LogP contribution in [0.2, 0.25) is 0 Å². The van der Waals surface area contributed by atoms with E-state index < -0.39 is 10.0 Å². The van der Waals surface area contributed by atoms with Crippen LogP contribution in [0.25, 0.3) is 0 Å². The third-order valence-electron chi connectivity index (χ3n) is 4.88. The second-order valence-electron chi connectivity index (χ2n) is 6.66. The molecule has 2 atom stereocenters. The first-order valence-corrected chi connectivity index (χ1v) is 9.19. The van der Waals surface area contributed by atoms with E-state index in [2.05, 4.69) is 4.72 Å². The van der Waals surface area contributed by atoms with E-state index in [4.69, 9.17) is 0 Å². The Morgan fingerprint density at radius 3 is 2.29 bits per heavy atom. The van der Waals surface area contributed by atoms with Crippen molar-refractivity contribution >= 4 is 15.9 Å². The molecular weight excluding hydrogens is 286 g/mol. The van der Waals surface area contributed by atoms with Gasteiger partial charge >= 0.3 is 0 Å². The first kappa shape index (κ1) is 13.3. The summed E-state index contributed by atoms with van der Waals surface area (Å²) in [5.74, 6) is 1.29. The van der Waals surface area contributed by atoms with Crippen molar-refractivity contribution in [3.8, 4) is 0 Å². The molecule has 0 spiro atoms. The van der Waals surface area contributed by atoms with Crippen molar-refractivity contribution in [1.82, 2.24) is 4.72 Å². The van der Waals surface area contributed by atoms with Crippen LogP contribution in [0.15, 0.2) is 29.2 Å². The predicted molar refractivity (Wildman–Crippen MR) is 78.1 cm³/mol. The lowest BCUT2D eigenvalue weighted by molar-refractivity contribution is -0.120. The van der Waals surface area contributed by atoms with Gasteiger partial charge in [0, 0.05) is 5.92 Å². The fourth-order valence-corrected chi connectivity index (χ4v) is 4.19. The SMILES string of the molecule is O=C(NS(=O)(=O)c1ccc(C2CC2)cc1)[C@@H]1C[C@H]1C1CC1. The molecule has 0 aromatic heterocycles. The lowest BCUT2D eigenvalue weighted by atomic mass is 10.1. The normalized spacial score (nSPS) is 28.2. The van der Waals surface area contributed by atoms with Crippen LogP contribution >= 0.6 is 0 Å². The second kappa shape index (κ2) is 4.57. The highest BCUT2D eigenvalue weighted by atomic mass is 32.2. The van der Waals surface area contributed by atoms with Gasteiger partial charge in [-0.2, -0.15) is 0 Å². The van der Waals surface area contributed by atoms with E-state index in [9.17, 15) is 13.2 Å². The van der Waals surface area contributed by atoms with E-state index in [1.54, 1.807) is 12.1 Å². The molecule has 4 nitrogen and oxygen atoms in total. The van der Waals surface area contributed by atoms with Crippen LogP contribution in [0.3, 0.4) is 0 Å². The Morgan fingerprint density at radius 1 is 1.05 bits per heavy atom. The summed E-state index contributed by atoms with van der Waals surface area (Å²) in [6.07, 6.45) is 5.63. The number of hydrogen-bond acceptors (Lipinski definition) is 3. The predicted octanol–water partition coefficient (Wildman–Crippen LogP) is 2.42. The van der Waals surface area contributed by atoms with Crippen LogP contribution < -0.4 is 4.72 Å². The summed E-state index contributed by atoms with van der Waals surface area (Å²) in [6, 6.07) is 6.94. The van der Waals surface area contributed by atoms with Gasteiger partial charge in [-0.25, -0.2) is 13.1 Å². The zero-order valence-corrected chi connectivity index (χ0v) is 12.6. The summed E-state index contributed by atoms with van der Waals surface area (Å²) in [4.78, 5) is 12.2. The van der Waals surface area contributed by atoms with E-state index in [1.807, 2.05) is 12.1 Å². The lowest BCUT2D eigenvalue weighted by Gasteiger charge is -2.07. The van der Waals surface area contributed by atoms with Crippen molar-refractivity contribution in [3.05, 3.63) is 29.8 Å². The maximum Gasteiger partial charge on any atom is 0.264 e. The zero-order valence-electron chi connectivity index (χ0n) is 11.8. The Balaban J connectivity index is 1.43. The summed E-state index contributed by atoms with van der Waals surface area (Å²) < 4.78 is 26.7. The minimum Gasteiger partial charge on any atom is -0.274 e. The van der Waals surface area contributed by atoms with Crippen LogP contribution in [0, 0.1) is 17.8 Å². The number of carbonyl (C=O) groups is 1. The Hall–Kier alpha value is -1.36. The van der Waals surface area contributed by atoms with Gasteiger partial charge in [-0.1, -0.05) is 12.1 Å². The van der Waals surface area contributed by atoms with Gasteiger partial charge in [0.25, 0.3) is 10.0 Å². The molecule has 3 aliphatic rings. The third kappa shape index (κ3) is 2.71. The molecule has 0 radical (unpaired) electrons. The molecule has 0 unspecified atom stereocenters. The van der Waals surface area contributed by atoms with E-state index in [0.717, 1.165) is 6.42 Å². The van der Waals surface area contributed by atoms with E-state index >= 15 is 0 Å². The average Bonchev–Trinajstić information content (AvgIpc) is 3.30. The minimum atomic E-state index is -3.71. The Morgan fingerprint density at radius 2 is 1.71 bits per heavy atom. The first-order chi connectivity index (χ1) is 10.0. The largest absolute Gasteiger partial charge is 0.274 e. The molecule has 0 aliphatic heterocycles. The maximum atomic E-state index is 12.2. The monoisotopic (exact) mass is 305 g/mol. The number of sulfonamides is 1. The van der Waals surface area contributed by atoms with Gasteiger partial charge in [-0.05, 0) is 67.6 Å². The van der Waals surface area contributed by atoms with Crippen molar-refractivity contribution in [2.24, 2.45) is 17.8 Å². The van der Waals surface area contributed by atoms with Crippen LogP contribution in [-0.2, 0) is 14.8 Å². The van der Waals surface area contributed by atoms with Gasteiger partial charge in [0.1, 0.15) is 0 Å². The van der Waals surface area contributed by atoms with Crippen molar-refractivity contribution in [2.45, 2.75) is 42.9 Å². The van der Waals surface area contributed by atoms with Crippen LogP contribution in [0.1, 0.15) is 43.6 Å². The Kier molecular flexibility index (Phi) is 2.89. The molecule has 1 amide bonds. The summed E-state index contributed by atoms with van der Waals surface area (Å²) in [6.45, 7) is 0. The Bertz CT molecular complexity index is 672. The molecule has 0 bridgehead atoms. The lowest BCUT2D eigenvalue weighted by Crippen LogP contribution is -2.32. The maximum absolute atomic E-state index is 12.2. The van der Waals surface area contributed by atoms with Gasteiger partial charge < -0.3 is 0 Å². The molecule has 21 heavy (non-hydrogen) atoms. The van der Waals surface area contributed by atoms with Gasteiger partial charge in [0.05, 0.1) is 4.90 Å². The van der Waals surface area contributed by atoms with E-state index in [-0.39, 0.29) is 16.7 Å². The molecule has 112 valence electrons. The molecule has 3 saturated carbocycles. The van der Waals surface area contributed by atoms with Gasteiger partial charge in [0.2, 0.25) is 5.91 Å². The van der Waals surface area contributed by atoms with E-state index in [0.29, 0.717) is 17.8 Å². The van der Waals surface area contributed by atoms with Gasteiger partial charge in [-0.3, -0.25) is 4.79 Å². The Labute approximate surface area is 125 Å². The van der Waals surface area contributed by atoms with E-state index in [1.165, 1.54) is 31.2 Å². The van der Waals surface area contributed by atoms with Crippen molar-refractivity contribution in [3.63, 3.8) is 0 Å². The van der Waals surface area contributed by atoms with Crippen molar-refractivity contribution in [2.75, 3.05) is 0 Å². The molecule has 0 heterocycles. The molecule has 5 heteroatoms. The molecule has 1 N–H and O–H groups in total. The topological polar surface area (TPSA) is 63.2 Å². The summed E-state index contributed by atoms with van der Waals surface area (Å²) >= 11 is 0. The average molecular weight is 305 g/mol. The highest BCUT2D eigenvalue weighted by Crippen LogP contribution is 2.54. The van der Waals surface area contributed by atoms with Gasteiger partial charge in [-0.15, -0.1) is 0 Å². The molecule has 1 aromatic rings.